The number of hydrogen-bond acceptors (Lipinski definition) is 1. The molecule has 2 nitrogen and oxygen atoms in total. The molecule has 0 amide bonds. The molecule has 2 heteroatoms. The molecule has 0 aliphatic rings. The van der Waals surface area contributed by atoms with Crippen molar-refractivity contribution in [2.45, 2.75) is 13.8 Å². The summed E-state index contributed by atoms with van der Waals surface area (Å²) in [5.41, 5.74) is 0. The maximum atomic E-state index is 6.53. The monoisotopic (exact) mass is 124 g/mol. The van der Waals surface area contributed by atoms with Crippen LogP contribution in [0.3, 0.4) is 0 Å². The molecule has 0 radical (unpaired) electrons. The maximum absolute atomic E-state index is 6.53. The summed E-state index contributed by atoms with van der Waals surface area (Å²) >= 11 is 0. The van der Waals surface area contributed by atoms with E-state index in [0.717, 1.165) is 6.34 Å². The number of rotatable bonds is 3. The number of nitrogens with one attached hydrogen (secondary N) is 1. The van der Waals surface area contributed by atoms with Crippen LogP contribution in [0.25, 0.3) is 0 Å². The van der Waals surface area contributed by atoms with Gasteiger partial charge in [0.1, 0.15) is 6.34 Å². The quantitative estimate of drug-likeness (QED) is 0.440. The van der Waals surface area contributed by atoms with Crippen molar-refractivity contribution in [1.29, 1.82) is 5.41 Å². The lowest BCUT2D eigenvalue weighted by atomic mass is 10.2. The molecule has 0 aromatic heterocycles. The molecule has 0 aliphatic heterocycles. The van der Waals surface area contributed by atoms with E-state index in [0.29, 0.717) is 5.92 Å². The summed E-state index contributed by atoms with van der Waals surface area (Å²) in [6.45, 7) is 4.18. The van der Waals surface area contributed by atoms with E-state index in [-0.39, 0.29) is 0 Å². The Kier molecular flexibility index (Phi) is 4.69. The van der Waals surface area contributed by atoms with Gasteiger partial charge in [0.05, 0.1) is 0 Å². The molecule has 0 bridgehead atoms. The second kappa shape index (κ2) is 5.22. The Labute approximate surface area is 55.8 Å². The fourth-order valence-electron chi connectivity index (χ4n) is 0.365. The van der Waals surface area contributed by atoms with Gasteiger partial charge >= 0.3 is 0 Å². The molecular weight excluding hydrogens is 112 g/mol. The van der Waals surface area contributed by atoms with E-state index in [4.69, 9.17) is 5.41 Å². The van der Waals surface area contributed by atoms with Crippen LogP contribution in [0.2, 0.25) is 0 Å². The highest BCUT2D eigenvalue weighted by Gasteiger charge is 1.78. The minimum Gasteiger partial charge on any atom is -0.290 e. The van der Waals surface area contributed by atoms with Gasteiger partial charge in [0.2, 0.25) is 0 Å². The van der Waals surface area contributed by atoms with Crippen molar-refractivity contribution >= 4 is 12.6 Å². The van der Waals surface area contributed by atoms with Crippen LogP contribution in [-0.4, -0.2) is 12.6 Å². The van der Waals surface area contributed by atoms with Gasteiger partial charge in [-0.3, -0.25) is 5.41 Å². The van der Waals surface area contributed by atoms with Gasteiger partial charge in [-0.15, -0.1) is 0 Å². The lowest BCUT2D eigenvalue weighted by molar-refractivity contribution is 0.833. The van der Waals surface area contributed by atoms with E-state index in [1.54, 1.807) is 6.21 Å². The molecule has 0 aromatic rings. The van der Waals surface area contributed by atoms with Gasteiger partial charge in [0.15, 0.2) is 0 Å². The summed E-state index contributed by atoms with van der Waals surface area (Å²) in [4.78, 5) is 3.57. The summed E-state index contributed by atoms with van der Waals surface area (Å²) in [6, 6.07) is 0. The average Bonchev–Trinajstić information content (AvgIpc) is 1.80. The maximum Gasteiger partial charge on any atom is 0.106 e. The Bertz CT molecular complexity index is 123. The summed E-state index contributed by atoms with van der Waals surface area (Å²) in [6.07, 6.45) is 6.49. The highest BCUT2D eigenvalue weighted by molar-refractivity contribution is 5.78. The van der Waals surface area contributed by atoms with E-state index in [9.17, 15) is 0 Å². The number of aliphatic imine (C=N–C) groups is 1. The Morgan fingerprint density at radius 1 is 1.44 bits per heavy atom. The predicted octanol–water partition coefficient (Wildman–Crippen LogP) is 1.88. The fraction of sp³-hybridized carbons (Fsp3) is 0.429. The van der Waals surface area contributed by atoms with Crippen molar-refractivity contribution < 1.29 is 0 Å². The van der Waals surface area contributed by atoms with Crippen LogP contribution < -0.4 is 0 Å². The van der Waals surface area contributed by atoms with Gasteiger partial charge in [-0.25, -0.2) is 4.99 Å². The molecule has 0 unspecified atom stereocenters. The zero-order valence-corrected chi connectivity index (χ0v) is 5.83. The highest BCUT2D eigenvalue weighted by atomic mass is 14.7. The number of hydrogen-bond donors (Lipinski definition) is 1. The van der Waals surface area contributed by atoms with Crippen LogP contribution in [0.15, 0.2) is 17.1 Å². The first-order valence-electron chi connectivity index (χ1n) is 2.96. The summed E-state index contributed by atoms with van der Waals surface area (Å²) in [5.74, 6) is 0.558. The summed E-state index contributed by atoms with van der Waals surface area (Å²) < 4.78 is 0. The van der Waals surface area contributed by atoms with Crippen LogP contribution in [0.5, 0.6) is 0 Å². The average molecular weight is 124 g/mol. The molecule has 0 atom stereocenters. The van der Waals surface area contributed by atoms with E-state index < -0.39 is 0 Å². The molecule has 0 aliphatic carbocycles. The first-order chi connectivity index (χ1) is 4.27. The van der Waals surface area contributed by atoms with Gasteiger partial charge in [0.25, 0.3) is 0 Å². The topological polar surface area (TPSA) is 36.2 Å². The fourth-order valence-corrected chi connectivity index (χ4v) is 0.365. The van der Waals surface area contributed by atoms with Gasteiger partial charge < -0.3 is 0 Å². The van der Waals surface area contributed by atoms with Crippen molar-refractivity contribution in [3.63, 3.8) is 0 Å². The Hall–Kier alpha value is -0.920. The summed E-state index contributed by atoms with van der Waals surface area (Å²) in [7, 11) is 0. The molecule has 50 valence electrons. The number of nitrogens with zero attached hydrogens (tertiary/aromatic N) is 1. The van der Waals surface area contributed by atoms with E-state index in [1.807, 2.05) is 12.2 Å². The van der Waals surface area contributed by atoms with Gasteiger partial charge in [-0.05, 0) is 12.0 Å². The van der Waals surface area contributed by atoms with Crippen LogP contribution in [0.1, 0.15) is 13.8 Å². The first-order valence-corrected chi connectivity index (χ1v) is 2.96. The molecular formula is C7H12N2. The van der Waals surface area contributed by atoms with E-state index in [2.05, 4.69) is 18.8 Å². The normalized spacial score (nSPS) is 11.9. The second-order valence-corrected chi connectivity index (χ2v) is 2.06. The van der Waals surface area contributed by atoms with Gasteiger partial charge in [-0.2, -0.15) is 0 Å². The first kappa shape index (κ1) is 8.08. The van der Waals surface area contributed by atoms with E-state index in [1.165, 1.54) is 0 Å². The number of allylic oxidation sites excluding steroid dienone is 2. The van der Waals surface area contributed by atoms with Crippen LogP contribution in [0, 0.1) is 11.3 Å². The van der Waals surface area contributed by atoms with Crippen LogP contribution >= 0.6 is 0 Å². The molecule has 0 rings (SSSR count). The van der Waals surface area contributed by atoms with Crippen molar-refractivity contribution in [3.8, 4) is 0 Å². The molecule has 0 spiro atoms. The smallest absolute Gasteiger partial charge is 0.106 e. The molecule has 0 fully saturated rings. The molecule has 9 heavy (non-hydrogen) atoms. The Balaban J connectivity index is 3.46. The van der Waals surface area contributed by atoms with Gasteiger partial charge in [-0.1, -0.05) is 19.9 Å². The molecule has 0 saturated heterocycles. The van der Waals surface area contributed by atoms with Crippen LogP contribution in [0.4, 0.5) is 0 Å². The van der Waals surface area contributed by atoms with Crippen molar-refractivity contribution in [3.05, 3.63) is 12.2 Å². The van der Waals surface area contributed by atoms with Crippen molar-refractivity contribution in [2.24, 2.45) is 10.9 Å². The van der Waals surface area contributed by atoms with Crippen molar-refractivity contribution in [2.75, 3.05) is 0 Å². The second-order valence-electron chi connectivity index (χ2n) is 2.06. The minimum absolute atomic E-state index is 0.558. The lowest BCUT2D eigenvalue weighted by Crippen LogP contribution is -1.76. The SMILES string of the molecule is CC(C)/C=C\C=N/C=N. The van der Waals surface area contributed by atoms with Gasteiger partial charge in [0, 0.05) is 6.21 Å². The Morgan fingerprint density at radius 3 is 2.56 bits per heavy atom. The van der Waals surface area contributed by atoms with E-state index >= 15 is 0 Å². The summed E-state index contributed by atoms with van der Waals surface area (Å²) in [5, 5.41) is 6.53. The zero-order chi connectivity index (χ0) is 7.11. The Morgan fingerprint density at radius 2 is 2.11 bits per heavy atom. The van der Waals surface area contributed by atoms with Crippen molar-refractivity contribution in [1.82, 2.24) is 0 Å². The predicted molar refractivity (Wildman–Crippen MR) is 41.3 cm³/mol. The van der Waals surface area contributed by atoms with Crippen LogP contribution in [-0.2, 0) is 0 Å². The minimum atomic E-state index is 0.558. The highest BCUT2D eigenvalue weighted by Crippen LogP contribution is 1.90. The third-order valence-electron chi connectivity index (χ3n) is 0.743. The zero-order valence-electron chi connectivity index (χ0n) is 5.83. The standard InChI is InChI=1S/C7H12N2/c1-7(2)4-3-5-9-6-8/h3-8H,1-2H3/b4-3-,8-6?,9-5-. The lowest BCUT2D eigenvalue weighted by Gasteiger charge is -1.87. The molecule has 0 saturated carbocycles. The molecule has 1 N–H and O–H groups in total. The molecule has 0 aromatic carbocycles. The largest absolute Gasteiger partial charge is 0.290 e. The third kappa shape index (κ3) is 7.08. The third-order valence-corrected chi connectivity index (χ3v) is 0.743. The molecule has 0 heterocycles.